The zero-order valence-corrected chi connectivity index (χ0v) is 14.8. The third-order valence-corrected chi connectivity index (χ3v) is 5.35. The molecule has 122 valence electrons. The van der Waals surface area contributed by atoms with Gasteiger partial charge in [-0.3, -0.25) is 0 Å². The molecule has 4 aromatic rings. The highest BCUT2D eigenvalue weighted by atomic mass is 32.1. The summed E-state index contributed by atoms with van der Waals surface area (Å²) in [4.78, 5) is 1.31. The molecule has 1 aromatic heterocycles. The SMILES string of the molecule is COc1ccc(/C=C/c2ccc3sc(-c4ccccc4)cc3c2)cc1. The average Bonchev–Trinajstić information content (AvgIpc) is 3.11. The first kappa shape index (κ1) is 15.7. The van der Waals surface area contributed by atoms with Gasteiger partial charge in [-0.15, -0.1) is 11.3 Å². The van der Waals surface area contributed by atoms with E-state index in [0.29, 0.717) is 0 Å². The van der Waals surface area contributed by atoms with E-state index in [0.717, 1.165) is 11.3 Å². The van der Waals surface area contributed by atoms with Gasteiger partial charge in [0, 0.05) is 9.58 Å². The first-order valence-corrected chi connectivity index (χ1v) is 9.05. The number of benzene rings is 3. The number of fused-ring (bicyclic) bond motifs is 1. The summed E-state index contributed by atoms with van der Waals surface area (Å²) in [5.74, 6) is 0.880. The van der Waals surface area contributed by atoms with Crippen LogP contribution in [0.2, 0.25) is 0 Å². The fourth-order valence-electron chi connectivity index (χ4n) is 2.82. The fourth-order valence-corrected chi connectivity index (χ4v) is 3.87. The minimum atomic E-state index is 0.880. The Balaban J connectivity index is 1.61. The van der Waals surface area contributed by atoms with E-state index in [1.807, 2.05) is 23.5 Å². The van der Waals surface area contributed by atoms with Crippen LogP contribution < -0.4 is 4.74 Å². The van der Waals surface area contributed by atoms with E-state index in [2.05, 4.69) is 78.9 Å². The lowest BCUT2D eigenvalue weighted by Crippen LogP contribution is -1.81. The van der Waals surface area contributed by atoms with Crippen LogP contribution >= 0.6 is 11.3 Å². The molecule has 25 heavy (non-hydrogen) atoms. The summed E-state index contributed by atoms with van der Waals surface area (Å²) >= 11 is 1.84. The minimum absolute atomic E-state index is 0.880. The highest BCUT2D eigenvalue weighted by Crippen LogP contribution is 2.34. The van der Waals surface area contributed by atoms with Crippen molar-refractivity contribution < 1.29 is 4.74 Å². The zero-order valence-electron chi connectivity index (χ0n) is 14.0. The number of rotatable bonds is 4. The average molecular weight is 342 g/mol. The molecule has 0 saturated carbocycles. The van der Waals surface area contributed by atoms with Crippen molar-refractivity contribution in [3.8, 4) is 16.2 Å². The molecule has 0 atom stereocenters. The van der Waals surface area contributed by atoms with Gasteiger partial charge >= 0.3 is 0 Å². The van der Waals surface area contributed by atoms with Crippen LogP contribution in [0, 0.1) is 0 Å². The second-order valence-corrected chi connectivity index (χ2v) is 6.96. The van der Waals surface area contributed by atoms with Crippen molar-refractivity contribution in [1.82, 2.24) is 0 Å². The van der Waals surface area contributed by atoms with Gasteiger partial charge in [-0.05, 0) is 52.4 Å². The summed E-state index contributed by atoms with van der Waals surface area (Å²) in [7, 11) is 1.69. The highest BCUT2D eigenvalue weighted by Gasteiger charge is 2.04. The molecule has 2 heteroatoms. The zero-order chi connectivity index (χ0) is 17.1. The number of ether oxygens (including phenoxy) is 1. The molecule has 0 fully saturated rings. The molecule has 0 spiro atoms. The summed E-state index contributed by atoms with van der Waals surface area (Å²) in [5.41, 5.74) is 3.65. The summed E-state index contributed by atoms with van der Waals surface area (Å²) in [6, 6.07) is 27.5. The lowest BCUT2D eigenvalue weighted by Gasteiger charge is -1.99. The predicted molar refractivity (Wildman–Crippen MR) is 109 cm³/mol. The van der Waals surface area contributed by atoms with Gasteiger partial charge in [-0.1, -0.05) is 60.7 Å². The van der Waals surface area contributed by atoms with Crippen molar-refractivity contribution in [2.75, 3.05) is 7.11 Å². The Morgan fingerprint density at radius 2 is 1.48 bits per heavy atom. The molecule has 4 rings (SSSR count). The van der Waals surface area contributed by atoms with Gasteiger partial charge in [0.25, 0.3) is 0 Å². The molecule has 0 N–H and O–H groups in total. The van der Waals surface area contributed by atoms with Crippen LogP contribution in [0.3, 0.4) is 0 Å². The van der Waals surface area contributed by atoms with Crippen molar-refractivity contribution in [3.63, 3.8) is 0 Å². The van der Waals surface area contributed by atoms with E-state index in [9.17, 15) is 0 Å². The smallest absolute Gasteiger partial charge is 0.118 e. The van der Waals surface area contributed by atoms with E-state index < -0.39 is 0 Å². The van der Waals surface area contributed by atoms with Gasteiger partial charge in [0.1, 0.15) is 5.75 Å². The first-order valence-electron chi connectivity index (χ1n) is 8.23. The van der Waals surface area contributed by atoms with Gasteiger partial charge in [0.15, 0.2) is 0 Å². The Morgan fingerprint density at radius 3 is 2.24 bits per heavy atom. The molecular weight excluding hydrogens is 324 g/mol. The molecular formula is C23H18OS. The van der Waals surface area contributed by atoms with Crippen molar-refractivity contribution in [2.24, 2.45) is 0 Å². The molecule has 0 aliphatic carbocycles. The Kier molecular flexibility index (Phi) is 4.36. The number of hydrogen-bond donors (Lipinski definition) is 0. The fraction of sp³-hybridized carbons (Fsp3) is 0.0435. The molecule has 1 heterocycles. The van der Waals surface area contributed by atoms with E-state index in [1.54, 1.807) is 7.11 Å². The molecule has 0 saturated heterocycles. The number of thiophene rings is 1. The second kappa shape index (κ2) is 6.96. The summed E-state index contributed by atoms with van der Waals surface area (Å²) < 4.78 is 6.52. The van der Waals surface area contributed by atoms with Crippen molar-refractivity contribution in [2.45, 2.75) is 0 Å². The van der Waals surface area contributed by atoms with E-state index >= 15 is 0 Å². The van der Waals surface area contributed by atoms with Crippen molar-refractivity contribution in [1.29, 1.82) is 0 Å². The predicted octanol–water partition coefficient (Wildman–Crippen LogP) is 6.75. The Morgan fingerprint density at radius 1 is 0.760 bits per heavy atom. The molecule has 0 aliphatic heterocycles. The molecule has 0 unspecified atom stereocenters. The van der Waals surface area contributed by atoms with Crippen molar-refractivity contribution in [3.05, 3.63) is 90.0 Å². The maximum atomic E-state index is 5.20. The Bertz CT molecular complexity index is 1010. The van der Waals surface area contributed by atoms with Gasteiger partial charge < -0.3 is 4.74 Å². The summed E-state index contributed by atoms with van der Waals surface area (Å²) in [5, 5.41) is 1.29. The number of methoxy groups -OCH3 is 1. The highest BCUT2D eigenvalue weighted by molar-refractivity contribution is 7.22. The van der Waals surface area contributed by atoms with Crippen LogP contribution in [-0.2, 0) is 0 Å². The maximum Gasteiger partial charge on any atom is 0.118 e. The van der Waals surface area contributed by atoms with Crippen LogP contribution in [0.5, 0.6) is 5.75 Å². The minimum Gasteiger partial charge on any atom is -0.497 e. The molecule has 0 amide bonds. The Hall–Kier alpha value is -2.84. The first-order chi connectivity index (χ1) is 12.3. The topological polar surface area (TPSA) is 9.23 Å². The lowest BCUT2D eigenvalue weighted by atomic mass is 10.1. The van der Waals surface area contributed by atoms with E-state index in [4.69, 9.17) is 4.74 Å². The standard InChI is InChI=1S/C23H18OS/c1-24-21-12-9-17(10-13-21)7-8-18-11-14-22-20(15-18)16-23(25-22)19-5-3-2-4-6-19/h2-16H,1H3/b8-7+. The molecule has 0 radical (unpaired) electrons. The second-order valence-electron chi connectivity index (χ2n) is 5.88. The number of hydrogen-bond acceptors (Lipinski definition) is 2. The molecule has 3 aromatic carbocycles. The third kappa shape index (κ3) is 3.49. The van der Waals surface area contributed by atoms with Crippen molar-refractivity contribution >= 4 is 33.6 Å². The van der Waals surface area contributed by atoms with Gasteiger partial charge in [-0.2, -0.15) is 0 Å². The summed E-state index contributed by atoms with van der Waals surface area (Å²) in [6.45, 7) is 0. The van der Waals surface area contributed by atoms with Crippen LogP contribution in [0.1, 0.15) is 11.1 Å². The van der Waals surface area contributed by atoms with Crippen LogP contribution in [-0.4, -0.2) is 7.11 Å². The van der Waals surface area contributed by atoms with E-state index in [-0.39, 0.29) is 0 Å². The third-order valence-electron chi connectivity index (χ3n) is 4.18. The monoisotopic (exact) mass is 342 g/mol. The molecule has 0 bridgehead atoms. The molecule has 1 nitrogen and oxygen atoms in total. The summed E-state index contributed by atoms with van der Waals surface area (Å²) in [6.07, 6.45) is 4.28. The van der Waals surface area contributed by atoms with Gasteiger partial charge in [-0.25, -0.2) is 0 Å². The van der Waals surface area contributed by atoms with Crippen LogP contribution in [0.4, 0.5) is 0 Å². The lowest BCUT2D eigenvalue weighted by molar-refractivity contribution is 0.415. The van der Waals surface area contributed by atoms with Crippen LogP contribution in [0.15, 0.2) is 78.9 Å². The van der Waals surface area contributed by atoms with Gasteiger partial charge in [0.2, 0.25) is 0 Å². The normalized spacial score (nSPS) is 11.2. The maximum absolute atomic E-state index is 5.20. The van der Waals surface area contributed by atoms with E-state index in [1.165, 1.54) is 26.1 Å². The van der Waals surface area contributed by atoms with Gasteiger partial charge in [0.05, 0.1) is 7.11 Å². The quantitative estimate of drug-likeness (QED) is 0.373. The largest absolute Gasteiger partial charge is 0.497 e. The van der Waals surface area contributed by atoms with Crippen LogP contribution in [0.25, 0.3) is 32.7 Å². The molecule has 0 aliphatic rings. The Labute approximate surface area is 151 Å².